The van der Waals surface area contributed by atoms with E-state index in [-0.39, 0.29) is 23.6 Å². The summed E-state index contributed by atoms with van der Waals surface area (Å²) in [6.07, 6.45) is -3.28. The van der Waals surface area contributed by atoms with Gasteiger partial charge in [-0.15, -0.1) is 0 Å². The Hall–Kier alpha value is -1.76. The molecule has 0 unspecified atom stereocenters. The van der Waals surface area contributed by atoms with Crippen molar-refractivity contribution in [2.24, 2.45) is 0 Å². The molecule has 0 aliphatic carbocycles. The number of piperidine rings is 1. The number of ether oxygens (including phenoxy) is 2. The van der Waals surface area contributed by atoms with E-state index < -0.39 is 46.1 Å². The first-order valence-electron chi connectivity index (χ1n) is 8.33. The summed E-state index contributed by atoms with van der Waals surface area (Å²) in [5.41, 5.74) is 1.49. The molecule has 0 radical (unpaired) electrons. The summed E-state index contributed by atoms with van der Waals surface area (Å²) in [6, 6.07) is 3.89. The van der Waals surface area contributed by atoms with Gasteiger partial charge in [0, 0.05) is 13.0 Å². The second-order valence-electron chi connectivity index (χ2n) is 7.01. The number of aromatic hydroxyl groups is 1. The van der Waals surface area contributed by atoms with Gasteiger partial charge in [0.25, 0.3) is 0 Å². The van der Waals surface area contributed by atoms with Crippen LogP contribution in [-0.2, 0) is 24.3 Å². The molecule has 27 heavy (non-hydrogen) atoms. The molecular weight excluding hydrogens is 380 g/mol. The van der Waals surface area contributed by atoms with Crippen molar-refractivity contribution in [1.29, 1.82) is 0 Å². The monoisotopic (exact) mass is 402 g/mol. The Morgan fingerprint density at radius 1 is 1.26 bits per heavy atom. The number of aliphatic hydroxyl groups is 1. The molecule has 2 aliphatic heterocycles. The van der Waals surface area contributed by atoms with Gasteiger partial charge in [0.05, 0.1) is 17.0 Å². The van der Waals surface area contributed by atoms with E-state index in [2.05, 4.69) is 0 Å². The molecule has 150 valence electrons. The molecular formula is C16H22N2O8S. The van der Waals surface area contributed by atoms with Gasteiger partial charge in [0.15, 0.2) is 5.79 Å². The number of rotatable bonds is 4. The van der Waals surface area contributed by atoms with E-state index in [4.69, 9.17) is 14.7 Å². The van der Waals surface area contributed by atoms with Gasteiger partial charge in [-0.3, -0.25) is 10.0 Å². The van der Waals surface area contributed by atoms with Crippen LogP contribution in [0.4, 0.5) is 0 Å². The minimum Gasteiger partial charge on any atom is -0.508 e. The molecule has 0 aromatic heterocycles. The first kappa shape index (κ1) is 20.0. The maximum absolute atomic E-state index is 13.1. The summed E-state index contributed by atoms with van der Waals surface area (Å²) in [7, 11) is -4.13. The largest absolute Gasteiger partial charge is 0.508 e. The Labute approximate surface area is 156 Å². The predicted molar refractivity (Wildman–Crippen MR) is 90.2 cm³/mol. The maximum atomic E-state index is 13.1. The number of carbonyl (C=O) groups is 1. The highest BCUT2D eigenvalue weighted by molar-refractivity contribution is 7.89. The van der Waals surface area contributed by atoms with Crippen LogP contribution >= 0.6 is 0 Å². The number of carbonyl (C=O) groups excluding carboxylic acids is 1. The Kier molecular flexibility index (Phi) is 5.18. The molecule has 2 heterocycles. The standard InChI is InChI=1S/C16H22N2O8S/c1-16(2)25-14-11(7-13(21)17-22)18(8-12(20)15(14)26-16)27(23,24)10-5-3-9(19)4-6-10/h3-6,11-12,14-15,19-20,22H,7-8H2,1-2H3,(H,17,21)/t11-,12-,14+,15-/m1/s1. The zero-order valence-corrected chi connectivity index (χ0v) is 15.6. The lowest BCUT2D eigenvalue weighted by atomic mass is 9.94. The minimum atomic E-state index is -4.13. The van der Waals surface area contributed by atoms with Gasteiger partial charge < -0.3 is 19.7 Å². The van der Waals surface area contributed by atoms with Crippen LogP contribution in [0.1, 0.15) is 20.3 Å². The van der Waals surface area contributed by atoms with Crippen LogP contribution in [0.2, 0.25) is 0 Å². The van der Waals surface area contributed by atoms with Crippen LogP contribution in [0.5, 0.6) is 5.75 Å². The third-order valence-electron chi connectivity index (χ3n) is 4.62. The van der Waals surface area contributed by atoms with Gasteiger partial charge in [-0.1, -0.05) is 0 Å². The molecule has 11 heteroatoms. The van der Waals surface area contributed by atoms with E-state index in [1.54, 1.807) is 13.8 Å². The molecule has 3 rings (SSSR count). The highest BCUT2D eigenvalue weighted by Crippen LogP contribution is 2.39. The SMILES string of the molecule is CC1(C)O[C@@H]2[C@H](O1)[C@H](O)CN(S(=O)(=O)c1ccc(O)cc1)[C@@H]2CC(=O)NO. The Morgan fingerprint density at radius 3 is 2.44 bits per heavy atom. The Morgan fingerprint density at radius 2 is 1.85 bits per heavy atom. The average molecular weight is 402 g/mol. The summed E-state index contributed by atoms with van der Waals surface area (Å²) in [5, 5.41) is 28.7. The van der Waals surface area contributed by atoms with Crippen molar-refractivity contribution in [3.8, 4) is 5.75 Å². The third-order valence-corrected chi connectivity index (χ3v) is 6.53. The molecule has 2 saturated heterocycles. The van der Waals surface area contributed by atoms with Gasteiger partial charge in [0.1, 0.15) is 18.0 Å². The molecule has 0 spiro atoms. The smallest absolute Gasteiger partial charge is 0.245 e. The highest BCUT2D eigenvalue weighted by atomic mass is 32.2. The number of hydrogen-bond donors (Lipinski definition) is 4. The van der Waals surface area contributed by atoms with Crippen molar-refractivity contribution in [3.05, 3.63) is 24.3 Å². The fourth-order valence-corrected chi connectivity index (χ4v) is 5.13. The van der Waals surface area contributed by atoms with Crippen molar-refractivity contribution >= 4 is 15.9 Å². The van der Waals surface area contributed by atoms with Gasteiger partial charge in [-0.25, -0.2) is 13.9 Å². The molecule has 4 N–H and O–H groups in total. The molecule has 1 aromatic carbocycles. The minimum absolute atomic E-state index is 0.0989. The van der Waals surface area contributed by atoms with Gasteiger partial charge in [0.2, 0.25) is 15.9 Å². The number of benzene rings is 1. The fraction of sp³-hybridized carbons (Fsp3) is 0.562. The fourth-order valence-electron chi connectivity index (χ4n) is 3.48. The second kappa shape index (κ2) is 7.00. The zero-order chi connectivity index (χ0) is 20.0. The molecule has 1 amide bonds. The van der Waals surface area contributed by atoms with Gasteiger partial charge in [-0.2, -0.15) is 4.31 Å². The molecule has 2 aliphatic rings. The topological polar surface area (TPSA) is 146 Å². The first-order chi connectivity index (χ1) is 12.5. The Bertz CT molecular complexity index is 810. The maximum Gasteiger partial charge on any atom is 0.245 e. The van der Waals surface area contributed by atoms with Crippen LogP contribution in [-0.4, -0.2) is 70.7 Å². The van der Waals surface area contributed by atoms with Crippen molar-refractivity contribution < 1.29 is 38.1 Å². The molecule has 10 nitrogen and oxygen atoms in total. The Balaban J connectivity index is 2.01. The lowest BCUT2D eigenvalue weighted by molar-refractivity contribution is -0.153. The van der Waals surface area contributed by atoms with E-state index in [9.17, 15) is 23.4 Å². The summed E-state index contributed by atoms with van der Waals surface area (Å²) in [6.45, 7) is 2.94. The first-order valence-corrected chi connectivity index (χ1v) is 9.77. The van der Waals surface area contributed by atoms with Crippen LogP contribution in [0.25, 0.3) is 0 Å². The average Bonchev–Trinajstić information content (AvgIpc) is 2.93. The van der Waals surface area contributed by atoms with Crippen LogP contribution in [0.3, 0.4) is 0 Å². The van der Waals surface area contributed by atoms with E-state index >= 15 is 0 Å². The number of phenols is 1. The summed E-state index contributed by atoms with van der Waals surface area (Å²) in [5.74, 6) is -1.96. The summed E-state index contributed by atoms with van der Waals surface area (Å²) in [4.78, 5) is 11.7. The lowest BCUT2D eigenvalue weighted by Crippen LogP contribution is -2.62. The number of hydrogen-bond acceptors (Lipinski definition) is 8. The second-order valence-corrected chi connectivity index (χ2v) is 8.90. The quantitative estimate of drug-likeness (QED) is 0.391. The molecule has 0 saturated carbocycles. The number of β-amino-alcohol motifs (C(OH)–C–C–N with tert-alkyl or cyclic N) is 1. The number of fused-ring (bicyclic) bond motifs is 1. The zero-order valence-electron chi connectivity index (χ0n) is 14.8. The number of phenolic OH excluding ortho intramolecular Hbond substituents is 1. The van der Waals surface area contributed by atoms with Crippen molar-refractivity contribution in [2.45, 2.75) is 55.3 Å². The number of amides is 1. The normalized spacial score (nSPS) is 30.7. The van der Waals surface area contributed by atoms with Crippen LogP contribution in [0, 0.1) is 0 Å². The number of hydroxylamine groups is 1. The van der Waals surface area contributed by atoms with Crippen molar-refractivity contribution in [3.63, 3.8) is 0 Å². The molecule has 4 atom stereocenters. The van der Waals surface area contributed by atoms with Crippen LogP contribution < -0.4 is 5.48 Å². The van der Waals surface area contributed by atoms with Crippen molar-refractivity contribution in [1.82, 2.24) is 9.79 Å². The molecule has 1 aromatic rings. The molecule has 2 fully saturated rings. The number of aliphatic hydroxyl groups excluding tert-OH is 1. The number of nitrogens with zero attached hydrogens (tertiary/aromatic N) is 1. The van der Waals surface area contributed by atoms with Crippen LogP contribution in [0.15, 0.2) is 29.2 Å². The third kappa shape index (κ3) is 3.79. The predicted octanol–water partition coefficient (Wildman–Crippen LogP) is -0.458. The number of sulfonamides is 1. The van der Waals surface area contributed by atoms with Crippen molar-refractivity contribution in [2.75, 3.05) is 6.54 Å². The van der Waals surface area contributed by atoms with E-state index in [0.29, 0.717) is 0 Å². The lowest BCUT2D eigenvalue weighted by Gasteiger charge is -2.42. The van der Waals surface area contributed by atoms with Gasteiger partial charge in [-0.05, 0) is 38.1 Å². The van der Waals surface area contributed by atoms with E-state index in [1.807, 2.05) is 0 Å². The summed E-state index contributed by atoms with van der Waals surface area (Å²) >= 11 is 0. The summed E-state index contributed by atoms with van der Waals surface area (Å²) < 4.78 is 38.7. The number of nitrogens with one attached hydrogen (secondary N) is 1. The molecule has 0 bridgehead atoms. The van der Waals surface area contributed by atoms with Gasteiger partial charge >= 0.3 is 0 Å². The highest BCUT2D eigenvalue weighted by Gasteiger charge is 2.56. The van der Waals surface area contributed by atoms with E-state index in [0.717, 1.165) is 4.31 Å². The van der Waals surface area contributed by atoms with E-state index in [1.165, 1.54) is 29.7 Å².